The zero-order valence-corrected chi connectivity index (χ0v) is 12.0. The molecule has 0 atom stereocenters. The van der Waals surface area contributed by atoms with Crippen molar-refractivity contribution in [2.45, 2.75) is 18.2 Å². The van der Waals surface area contributed by atoms with Gasteiger partial charge in [0.15, 0.2) is 11.6 Å². The van der Waals surface area contributed by atoms with E-state index in [4.69, 9.17) is 10.7 Å². The van der Waals surface area contributed by atoms with Crippen LogP contribution < -0.4 is 4.72 Å². The maximum atomic E-state index is 13.5. The topological polar surface area (TPSA) is 80.3 Å². The predicted octanol–water partition coefficient (Wildman–Crippen LogP) is 2.04. The van der Waals surface area contributed by atoms with Gasteiger partial charge in [0.1, 0.15) is 5.69 Å². The van der Waals surface area contributed by atoms with Crippen molar-refractivity contribution in [3.8, 4) is 0 Å². The number of anilines is 1. The number of hydrogen-bond acceptors (Lipinski definition) is 4. The molecule has 0 heterocycles. The van der Waals surface area contributed by atoms with Crippen LogP contribution in [0.1, 0.15) is 13.3 Å². The molecule has 0 aliphatic carbocycles. The van der Waals surface area contributed by atoms with Crippen LogP contribution in [0, 0.1) is 11.6 Å². The lowest BCUT2D eigenvalue weighted by Gasteiger charge is -2.10. The highest BCUT2D eigenvalue weighted by atomic mass is 35.7. The zero-order chi connectivity index (χ0) is 14.8. The van der Waals surface area contributed by atoms with Crippen LogP contribution in [0.5, 0.6) is 0 Å². The summed E-state index contributed by atoms with van der Waals surface area (Å²) in [7, 11) is -3.26. The normalized spacial score (nSPS) is 12.4. The minimum atomic E-state index is -4.30. The Morgan fingerprint density at radius 2 is 1.63 bits per heavy atom. The van der Waals surface area contributed by atoms with Crippen LogP contribution in [-0.2, 0) is 19.1 Å². The molecule has 108 valence electrons. The number of hydrogen-bond donors (Lipinski definition) is 1. The Kier molecular flexibility index (Phi) is 4.75. The fraction of sp³-hybridized carbons (Fsp3) is 0.333. The van der Waals surface area contributed by atoms with Gasteiger partial charge in [-0.1, -0.05) is 6.92 Å². The molecule has 0 amide bonds. The standard InChI is InChI=1S/C9H10ClF2NO4S2/c1-2-3-18(14,15)13-9-7(11)4-6(5-8(9)12)19(10,16)17/h4-5,13H,2-3H2,1H3. The maximum Gasteiger partial charge on any atom is 0.261 e. The van der Waals surface area contributed by atoms with Crippen LogP contribution >= 0.6 is 10.7 Å². The molecule has 0 fully saturated rings. The highest BCUT2D eigenvalue weighted by Crippen LogP contribution is 2.26. The Hall–Kier alpha value is -0.930. The Labute approximate surface area is 114 Å². The molecule has 0 spiro atoms. The van der Waals surface area contributed by atoms with Gasteiger partial charge in [0.2, 0.25) is 10.0 Å². The van der Waals surface area contributed by atoms with E-state index in [-0.39, 0.29) is 12.2 Å². The molecule has 0 aliphatic heterocycles. The van der Waals surface area contributed by atoms with Gasteiger partial charge < -0.3 is 0 Å². The fourth-order valence-electron chi connectivity index (χ4n) is 1.26. The van der Waals surface area contributed by atoms with Gasteiger partial charge in [-0.25, -0.2) is 25.6 Å². The van der Waals surface area contributed by atoms with Gasteiger partial charge in [0, 0.05) is 10.7 Å². The molecule has 0 saturated carbocycles. The van der Waals surface area contributed by atoms with Crippen LogP contribution in [0.25, 0.3) is 0 Å². The molecule has 0 aliphatic rings. The fourth-order valence-corrected chi connectivity index (χ4v) is 3.16. The van der Waals surface area contributed by atoms with E-state index in [9.17, 15) is 25.6 Å². The van der Waals surface area contributed by atoms with Gasteiger partial charge in [-0.15, -0.1) is 0 Å². The van der Waals surface area contributed by atoms with Gasteiger partial charge >= 0.3 is 0 Å². The molecule has 0 aromatic heterocycles. The number of benzene rings is 1. The summed E-state index contributed by atoms with van der Waals surface area (Å²) in [6, 6.07) is 0.879. The highest BCUT2D eigenvalue weighted by molar-refractivity contribution is 8.13. The quantitative estimate of drug-likeness (QED) is 0.836. The lowest BCUT2D eigenvalue weighted by molar-refractivity contribution is 0.573. The van der Waals surface area contributed by atoms with Crippen molar-refractivity contribution in [3.05, 3.63) is 23.8 Å². The molecule has 0 saturated heterocycles. The molecule has 0 unspecified atom stereocenters. The molecule has 5 nitrogen and oxygen atoms in total. The second-order valence-electron chi connectivity index (χ2n) is 3.62. The van der Waals surface area contributed by atoms with Crippen LogP contribution in [0.4, 0.5) is 14.5 Å². The SMILES string of the molecule is CCCS(=O)(=O)Nc1c(F)cc(S(=O)(=O)Cl)cc1F. The van der Waals surface area contributed by atoms with E-state index in [1.165, 1.54) is 0 Å². The summed E-state index contributed by atoms with van der Waals surface area (Å²) in [6.45, 7) is 1.58. The minimum Gasteiger partial charge on any atom is -0.278 e. The second-order valence-corrected chi connectivity index (χ2v) is 8.03. The molecular formula is C9H10ClF2NO4S2. The minimum absolute atomic E-state index is 0.257. The monoisotopic (exact) mass is 333 g/mol. The zero-order valence-electron chi connectivity index (χ0n) is 9.65. The summed E-state index contributed by atoms with van der Waals surface area (Å²) >= 11 is 0. The lowest BCUT2D eigenvalue weighted by atomic mass is 10.3. The molecule has 0 radical (unpaired) electrons. The Bertz CT molecular complexity index is 665. The van der Waals surface area contributed by atoms with Gasteiger partial charge in [-0.05, 0) is 18.6 Å². The van der Waals surface area contributed by atoms with Crippen molar-refractivity contribution in [3.63, 3.8) is 0 Å². The first-order valence-electron chi connectivity index (χ1n) is 5.01. The summed E-state index contributed by atoms with van der Waals surface area (Å²) in [5.74, 6) is -3.04. The van der Waals surface area contributed by atoms with E-state index in [1.807, 2.05) is 0 Å². The first-order chi connectivity index (χ1) is 8.57. The van der Waals surface area contributed by atoms with Crippen LogP contribution in [-0.4, -0.2) is 22.6 Å². The van der Waals surface area contributed by atoms with E-state index in [1.54, 1.807) is 11.6 Å². The van der Waals surface area contributed by atoms with Crippen molar-refractivity contribution in [1.82, 2.24) is 0 Å². The van der Waals surface area contributed by atoms with Crippen molar-refractivity contribution in [1.29, 1.82) is 0 Å². The third-order valence-corrected chi connectivity index (χ3v) is 4.82. The average molecular weight is 334 g/mol. The number of halogens is 3. The van der Waals surface area contributed by atoms with E-state index in [0.717, 1.165) is 0 Å². The largest absolute Gasteiger partial charge is 0.278 e. The van der Waals surface area contributed by atoms with Crippen molar-refractivity contribution < 1.29 is 25.6 Å². The molecule has 19 heavy (non-hydrogen) atoms. The molecule has 1 aromatic rings. The Morgan fingerprint density at radius 1 is 1.16 bits per heavy atom. The molecular weight excluding hydrogens is 324 g/mol. The summed E-state index contributed by atoms with van der Waals surface area (Å²) in [5.41, 5.74) is -0.933. The number of rotatable bonds is 5. The molecule has 1 N–H and O–H groups in total. The highest BCUT2D eigenvalue weighted by Gasteiger charge is 2.21. The van der Waals surface area contributed by atoms with Gasteiger partial charge in [-0.2, -0.15) is 0 Å². The summed E-state index contributed by atoms with van der Waals surface area (Å²) < 4.78 is 73.4. The van der Waals surface area contributed by atoms with Crippen molar-refractivity contribution in [2.24, 2.45) is 0 Å². The Morgan fingerprint density at radius 3 is 2.00 bits per heavy atom. The van der Waals surface area contributed by atoms with E-state index >= 15 is 0 Å². The van der Waals surface area contributed by atoms with Crippen molar-refractivity contribution in [2.75, 3.05) is 10.5 Å². The van der Waals surface area contributed by atoms with Gasteiger partial charge in [0.25, 0.3) is 9.05 Å². The van der Waals surface area contributed by atoms with Crippen LogP contribution in [0.15, 0.2) is 17.0 Å². The molecule has 0 bridgehead atoms. The van der Waals surface area contributed by atoms with Gasteiger partial charge in [0.05, 0.1) is 10.6 Å². The second kappa shape index (κ2) is 5.59. The Balaban J connectivity index is 3.26. The number of nitrogens with one attached hydrogen (secondary N) is 1. The van der Waals surface area contributed by atoms with Crippen molar-refractivity contribution >= 4 is 35.4 Å². The molecule has 1 rings (SSSR count). The van der Waals surface area contributed by atoms with E-state index in [0.29, 0.717) is 12.1 Å². The van der Waals surface area contributed by atoms with Gasteiger partial charge in [-0.3, -0.25) is 4.72 Å². The number of sulfonamides is 1. The smallest absolute Gasteiger partial charge is 0.261 e. The first-order valence-corrected chi connectivity index (χ1v) is 8.97. The van der Waals surface area contributed by atoms with E-state index < -0.39 is 41.3 Å². The third-order valence-electron chi connectivity index (χ3n) is 2.03. The van der Waals surface area contributed by atoms with E-state index in [2.05, 4.69) is 0 Å². The summed E-state index contributed by atoms with van der Waals surface area (Å²) in [5, 5.41) is 0. The maximum absolute atomic E-state index is 13.5. The third kappa shape index (κ3) is 4.29. The van der Waals surface area contributed by atoms with Crippen LogP contribution in [0.2, 0.25) is 0 Å². The summed E-state index contributed by atoms with van der Waals surface area (Å²) in [4.78, 5) is -0.789. The first kappa shape index (κ1) is 16.1. The van der Waals surface area contributed by atoms with Crippen LogP contribution in [0.3, 0.4) is 0 Å². The molecule has 1 aromatic carbocycles. The summed E-state index contributed by atoms with van der Waals surface area (Å²) in [6.07, 6.45) is 0.257. The average Bonchev–Trinajstić information content (AvgIpc) is 2.21. The molecule has 10 heteroatoms. The lowest BCUT2D eigenvalue weighted by Crippen LogP contribution is -2.18. The predicted molar refractivity (Wildman–Crippen MR) is 67.1 cm³/mol.